The van der Waals surface area contributed by atoms with Gasteiger partial charge in [0.1, 0.15) is 11.0 Å². The summed E-state index contributed by atoms with van der Waals surface area (Å²) in [7, 11) is 0. The number of carboxylic acid groups (broad SMARTS) is 1. The first-order valence-electron chi connectivity index (χ1n) is 5.75. The summed E-state index contributed by atoms with van der Waals surface area (Å²) < 4.78 is 0.809. The lowest BCUT2D eigenvalue weighted by atomic mass is 10.2. The van der Waals surface area contributed by atoms with E-state index in [1.54, 1.807) is 6.07 Å². The molecule has 110 valence electrons. The molecule has 1 amide bonds. The first kappa shape index (κ1) is 15.8. The molecule has 1 saturated heterocycles. The number of carbonyl (C=O) groups excluding carboxylic acids is 1. The number of aliphatic carboxylic acids is 1. The van der Waals surface area contributed by atoms with Gasteiger partial charge in [-0.15, -0.1) is 5.10 Å². The highest BCUT2D eigenvalue weighted by atomic mass is 127. The summed E-state index contributed by atoms with van der Waals surface area (Å²) >= 11 is 3.07. The maximum Gasteiger partial charge on any atom is 0.305 e. The Bertz CT molecular complexity index is 627. The molecule has 0 aromatic heterocycles. The van der Waals surface area contributed by atoms with Crippen molar-refractivity contribution in [2.24, 2.45) is 10.2 Å². The Morgan fingerprint density at radius 1 is 1.52 bits per heavy atom. The monoisotopic (exact) mass is 419 g/mol. The Kier molecular flexibility index (Phi) is 5.17. The molecule has 0 saturated carbocycles. The summed E-state index contributed by atoms with van der Waals surface area (Å²) in [5, 5.41) is 28.0. The molecule has 1 aliphatic heterocycles. The van der Waals surface area contributed by atoms with Crippen molar-refractivity contribution < 1.29 is 19.8 Å². The van der Waals surface area contributed by atoms with Gasteiger partial charge in [-0.25, -0.2) is 0 Å². The van der Waals surface area contributed by atoms with Gasteiger partial charge in [0.05, 0.1) is 12.6 Å². The number of rotatable bonds is 4. The molecule has 9 heteroatoms. The molecule has 1 heterocycles. The Balaban J connectivity index is 2.07. The highest BCUT2D eigenvalue weighted by molar-refractivity contribution is 14.1. The SMILES string of the molecule is O=C(O)CC1SC(=NN=Cc2c(O)cccc2I)NC1=O. The lowest BCUT2D eigenvalue weighted by Gasteiger charge is -1.99. The molecule has 7 nitrogen and oxygen atoms in total. The number of nitrogens with one attached hydrogen (secondary N) is 1. The summed E-state index contributed by atoms with van der Waals surface area (Å²) in [4.78, 5) is 22.1. The summed E-state index contributed by atoms with van der Waals surface area (Å²) in [6.07, 6.45) is 1.11. The number of amides is 1. The third-order valence-electron chi connectivity index (χ3n) is 2.50. The number of aromatic hydroxyl groups is 1. The molecular formula is C12H10IN3O4S. The largest absolute Gasteiger partial charge is 0.507 e. The van der Waals surface area contributed by atoms with Crippen molar-refractivity contribution in [1.29, 1.82) is 0 Å². The zero-order chi connectivity index (χ0) is 15.4. The normalized spacial score (nSPS) is 20.1. The highest BCUT2D eigenvalue weighted by Gasteiger charge is 2.32. The zero-order valence-electron chi connectivity index (χ0n) is 10.5. The number of phenols is 1. The molecule has 3 N–H and O–H groups in total. The second-order valence-corrected chi connectivity index (χ2v) is 6.37. The molecule has 0 aliphatic carbocycles. The van der Waals surface area contributed by atoms with E-state index in [1.165, 1.54) is 12.3 Å². The average molecular weight is 419 g/mol. The van der Waals surface area contributed by atoms with E-state index in [0.29, 0.717) is 5.56 Å². The first-order valence-corrected chi connectivity index (χ1v) is 7.71. The Morgan fingerprint density at radius 2 is 2.29 bits per heavy atom. The molecule has 1 atom stereocenters. The van der Waals surface area contributed by atoms with Crippen LogP contribution in [0.4, 0.5) is 0 Å². The number of carboxylic acids is 1. The third-order valence-corrected chi connectivity index (χ3v) is 4.51. The van der Waals surface area contributed by atoms with E-state index in [-0.39, 0.29) is 17.3 Å². The second kappa shape index (κ2) is 6.89. The minimum Gasteiger partial charge on any atom is -0.507 e. The number of hydrogen-bond donors (Lipinski definition) is 3. The van der Waals surface area contributed by atoms with Crippen LogP contribution in [-0.2, 0) is 9.59 Å². The van der Waals surface area contributed by atoms with Gasteiger partial charge in [-0.3, -0.25) is 9.59 Å². The Labute approximate surface area is 137 Å². The lowest BCUT2D eigenvalue weighted by Crippen LogP contribution is -2.26. The Morgan fingerprint density at radius 3 is 2.95 bits per heavy atom. The molecule has 0 bridgehead atoms. The van der Waals surface area contributed by atoms with Gasteiger partial charge in [-0.1, -0.05) is 17.8 Å². The quantitative estimate of drug-likeness (QED) is 0.388. The molecule has 1 aromatic carbocycles. The fourth-order valence-corrected chi connectivity index (χ4v) is 3.08. The van der Waals surface area contributed by atoms with Crippen molar-refractivity contribution in [2.75, 3.05) is 0 Å². The molecule has 0 radical (unpaired) electrons. The van der Waals surface area contributed by atoms with E-state index in [0.717, 1.165) is 15.3 Å². The van der Waals surface area contributed by atoms with Crippen molar-refractivity contribution >= 4 is 57.6 Å². The fraction of sp³-hybridized carbons (Fsp3) is 0.167. The number of carbonyl (C=O) groups is 2. The number of hydrogen-bond acceptors (Lipinski definition) is 6. The first-order chi connectivity index (χ1) is 9.97. The summed E-state index contributed by atoms with van der Waals surface area (Å²) in [5.74, 6) is -1.36. The molecule has 1 aliphatic rings. The molecular weight excluding hydrogens is 409 g/mol. The summed E-state index contributed by atoms with van der Waals surface area (Å²) in [5.41, 5.74) is 0.527. The van der Waals surface area contributed by atoms with Gasteiger partial charge in [0.25, 0.3) is 0 Å². The number of thioether (sulfide) groups is 1. The summed E-state index contributed by atoms with van der Waals surface area (Å²) in [6.45, 7) is 0. The maximum atomic E-state index is 11.5. The standard InChI is InChI=1S/C12H10IN3O4S/c13-7-2-1-3-8(17)6(7)5-14-16-12-15-11(20)9(21-12)4-10(18)19/h1-3,5,9,17H,4H2,(H,18,19)(H,15,16,20). The highest BCUT2D eigenvalue weighted by Crippen LogP contribution is 2.23. The lowest BCUT2D eigenvalue weighted by molar-refractivity contribution is -0.138. The number of halogens is 1. The third kappa shape index (κ3) is 4.17. The number of nitrogens with zero attached hydrogens (tertiary/aromatic N) is 2. The zero-order valence-corrected chi connectivity index (χ0v) is 13.5. The Hall–Kier alpha value is -1.62. The van der Waals surface area contributed by atoms with E-state index in [9.17, 15) is 14.7 Å². The molecule has 0 spiro atoms. The van der Waals surface area contributed by atoms with Crippen LogP contribution in [0, 0.1) is 3.57 Å². The van der Waals surface area contributed by atoms with Crippen LogP contribution in [-0.4, -0.2) is 38.7 Å². The van der Waals surface area contributed by atoms with Crippen molar-refractivity contribution in [3.05, 3.63) is 27.3 Å². The van der Waals surface area contributed by atoms with Crippen LogP contribution in [0.1, 0.15) is 12.0 Å². The number of benzene rings is 1. The molecule has 2 rings (SSSR count). The number of phenolic OH excluding ortho intramolecular Hbond substituents is 1. The van der Waals surface area contributed by atoms with Crippen LogP contribution in [0.3, 0.4) is 0 Å². The van der Waals surface area contributed by atoms with E-state index in [1.807, 2.05) is 6.07 Å². The van der Waals surface area contributed by atoms with E-state index >= 15 is 0 Å². The summed E-state index contributed by atoms with van der Waals surface area (Å²) in [6, 6.07) is 5.05. The average Bonchev–Trinajstić information content (AvgIpc) is 2.73. The minimum absolute atomic E-state index is 0.0812. The van der Waals surface area contributed by atoms with Gasteiger partial charge in [-0.05, 0) is 34.7 Å². The van der Waals surface area contributed by atoms with E-state index in [2.05, 4.69) is 38.1 Å². The van der Waals surface area contributed by atoms with Gasteiger partial charge in [0.15, 0.2) is 5.17 Å². The van der Waals surface area contributed by atoms with Crippen molar-refractivity contribution in [2.45, 2.75) is 11.7 Å². The van der Waals surface area contributed by atoms with Crippen LogP contribution in [0.2, 0.25) is 0 Å². The number of amidine groups is 1. The van der Waals surface area contributed by atoms with E-state index in [4.69, 9.17) is 5.11 Å². The van der Waals surface area contributed by atoms with Gasteiger partial charge >= 0.3 is 5.97 Å². The topological polar surface area (TPSA) is 111 Å². The van der Waals surface area contributed by atoms with Crippen LogP contribution in [0.15, 0.2) is 28.4 Å². The molecule has 21 heavy (non-hydrogen) atoms. The predicted octanol–water partition coefficient (Wildman–Crippen LogP) is 1.39. The minimum atomic E-state index is -1.05. The van der Waals surface area contributed by atoms with Gasteiger partial charge in [0, 0.05) is 9.13 Å². The maximum absolute atomic E-state index is 11.5. The van der Waals surface area contributed by atoms with Crippen molar-refractivity contribution in [3.63, 3.8) is 0 Å². The van der Waals surface area contributed by atoms with Gasteiger partial charge in [0.2, 0.25) is 5.91 Å². The van der Waals surface area contributed by atoms with Crippen molar-refractivity contribution in [3.8, 4) is 5.75 Å². The molecule has 1 fully saturated rings. The predicted molar refractivity (Wildman–Crippen MR) is 87.6 cm³/mol. The van der Waals surface area contributed by atoms with Crippen LogP contribution < -0.4 is 5.32 Å². The van der Waals surface area contributed by atoms with Crippen molar-refractivity contribution in [1.82, 2.24) is 5.32 Å². The van der Waals surface area contributed by atoms with Crippen LogP contribution in [0.25, 0.3) is 0 Å². The fourth-order valence-electron chi connectivity index (χ4n) is 1.54. The van der Waals surface area contributed by atoms with Gasteiger partial charge < -0.3 is 15.5 Å². The molecule has 1 aromatic rings. The van der Waals surface area contributed by atoms with Crippen LogP contribution >= 0.6 is 34.4 Å². The second-order valence-electron chi connectivity index (χ2n) is 4.02. The smallest absolute Gasteiger partial charge is 0.305 e. The van der Waals surface area contributed by atoms with E-state index < -0.39 is 17.1 Å². The molecule has 1 unspecified atom stereocenters. The van der Waals surface area contributed by atoms with Crippen LogP contribution in [0.5, 0.6) is 5.75 Å². The van der Waals surface area contributed by atoms with Gasteiger partial charge in [-0.2, -0.15) is 5.10 Å².